The molecule has 2 heterocycles. The zero-order valence-corrected chi connectivity index (χ0v) is 22.8. The second-order valence-electron chi connectivity index (χ2n) is 10.1. The first-order valence-electron chi connectivity index (χ1n) is 13.3. The molecule has 3 aromatic carbocycles. The van der Waals surface area contributed by atoms with Gasteiger partial charge in [0.05, 0.1) is 25.8 Å². The van der Waals surface area contributed by atoms with Gasteiger partial charge in [-0.05, 0) is 73.4 Å². The topological polar surface area (TPSA) is 75.1 Å². The van der Waals surface area contributed by atoms with E-state index in [-0.39, 0.29) is 5.91 Å². The number of aryl methyl sites for hydroxylation is 1. The lowest BCUT2D eigenvalue weighted by atomic mass is 10.0. The summed E-state index contributed by atoms with van der Waals surface area (Å²) < 4.78 is 10.6. The number of fused-ring (bicyclic) bond motifs is 1. The monoisotopic (exact) mass is 525 g/mol. The molecule has 0 spiro atoms. The van der Waals surface area contributed by atoms with Crippen LogP contribution in [0.15, 0.2) is 72.8 Å². The van der Waals surface area contributed by atoms with Crippen LogP contribution in [0.3, 0.4) is 0 Å². The van der Waals surface area contributed by atoms with E-state index in [1.54, 1.807) is 38.5 Å². The third-order valence-electron chi connectivity index (χ3n) is 7.32. The van der Waals surface area contributed by atoms with Gasteiger partial charge in [0.2, 0.25) is 0 Å². The van der Waals surface area contributed by atoms with Crippen LogP contribution in [0.1, 0.15) is 39.9 Å². The predicted octanol–water partition coefficient (Wildman–Crippen LogP) is 5.36. The van der Waals surface area contributed by atoms with Crippen molar-refractivity contribution in [2.45, 2.75) is 39.0 Å². The van der Waals surface area contributed by atoms with Crippen molar-refractivity contribution in [2.75, 3.05) is 32.2 Å². The van der Waals surface area contributed by atoms with Gasteiger partial charge < -0.3 is 24.4 Å². The number of hydrogen-bond donors (Lipinski definition) is 1. The first kappa shape index (κ1) is 26.5. The lowest BCUT2D eigenvalue weighted by Gasteiger charge is -2.34. The van der Waals surface area contributed by atoms with Crippen molar-refractivity contribution >= 4 is 22.6 Å². The minimum atomic E-state index is -0.391. The summed E-state index contributed by atoms with van der Waals surface area (Å²) in [5, 5.41) is 11.5. The Kier molecular flexibility index (Phi) is 7.98. The molecule has 7 heteroatoms. The number of piperidine rings is 1. The number of aromatic nitrogens is 1. The van der Waals surface area contributed by atoms with Crippen LogP contribution in [0, 0.1) is 6.92 Å². The minimum absolute atomic E-state index is 0.0811. The lowest BCUT2D eigenvalue weighted by Crippen LogP contribution is -2.40. The Morgan fingerprint density at radius 3 is 2.36 bits per heavy atom. The largest absolute Gasteiger partial charge is 0.497 e. The molecule has 1 N–H and O–H groups in total. The summed E-state index contributed by atoms with van der Waals surface area (Å²) in [6.45, 7) is 4.20. The summed E-state index contributed by atoms with van der Waals surface area (Å²) in [6, 6.07) is 23.3. The summed E-state index contributed by atoms with van der Waals surface area (Å²) in [5.74, 6) is 2.22. The molecule has 1 saturated heterocycles. The van der Waals surface area contributed by atoms with Crippen molar-refractivity contribution < 1.29 is 19.4 Å². The van der Waals surface area contributed by atoms with Crippen molar-refractivity contribution in [3.05, 3.63) is 95.1 Å². The van der Waals surface area contributed by atoms with E-state index in [4.69, 9.17) is 14.5 Å². The number of rotatable bonds is 8. The molecular formula is C32H35N3O4. The molecule has 0 aliphatic carbocycles. The lowest BCUT2D eigenvalue weighted by molar-refractivity contribution is 0.0730. The van der Waals surface area contributed by atoms with Gasteiger partial charge >= 0.3 is 0 Å². The summed E-state index contributed by atoms with van der Waals surface area (Å²) in [7, 11) is 3.25. The molecule has 0 saturated carbocycles. The molecule has 0 bridgehead atoms. The molecule has 1 aliphatic rings. The Labute approximate surface area is 229 Å². The number of aliphatic hydroxyl groups excluding tert-OH is 1. The fourth-order valence-electron chi connectivity index (χ4n) is 5.19. The fraction of sp³-hybridized carbons (Fsp3) is 0.312. The third-order valence-corrected chi connectivity index (χ3v) is 7.32. The molecule has 1 atom stereocenters. The molecule has 7 nitrogen and oxygen atoms in total. The number of anilines is 1. The van der Waals surface area contributed by atoms with Gasteiger partial charge in [-0.2, -0.15) is 0 Å². The van der Waals surface area contributed by atoms with Crippen molar-refractivity contribution in [3.63, 3.8) is 0 Å². The third kappa shape index (κ3) is 5.99. The van der Waals surface area contributed by atoms with Crippen molar-refractivity contribution in [1.82, 2.24) is 9.88 Å². The standard InChI is InChI=1S/C32H35N3O4/c1-22-6-4-7-25-18-26(31(33-30(22)25)34-17-5-8-27(36)21-34)20-35(19-23-9-13-28(38-2)14-10-23)32(37)24-11-15-29(39-3)16-12-24/h4,6-7,9-16,18,27,36H,5,8,17,19-21H2,1-3H3/t27-/m0/s1. The average Bonchev–Trinajstić information content (AvgIpc) is 2.97. The van der Waals surface area contributed by atoms with Gasteiger partial charge in [0.25, 0.3) is 5.91 Å². The highest BCUT2D eigenvalue weighted by Crippen LogP contribution is 2.30. The number of hydrogen-bond acceptors (Lipinski definition) is 6. The molecule has 1 amide bonds. The highest BCUT2D eigenvalue weighted by molar-refractivity contribution is 5.94. The van der Waals surface area contributed by atoms with Gasteiger partial charge in [0.15, 0.2) is 0 Å². The van der Waals surface area contributed by atoms with Crippen LogP contribution in [0.25, 0.3) is 10.9 Å². The van der Waals surface area contributed by atoms with E-state index < -0.39 is 6.10 Å². The Balaban J connectivity index is 1.55. The predicted molar refractivity (Wildman–Crippen MR) is 153 cm³/mol. The fourth-order valence-corrected chi connectivity index (χ4v) is 5.19. The SMILES string of the molecule is COc1ccc(CN(Cc2cc3cccc(C)c3nc2N2CCC[C@H](O)C2)C(=O)c2ccc(OC)cc2)cc1. The molecule has 0 radical (unpaired) electrons. The van der Waals surface area contributed by atoms with Crippen LogP contribution >= 0.6 is 0 Å². The normalized spacial score (nSPS) is 15.3. The highest BCUT2D eigenvalue weighted by atomic mass is 16.5. The van der Waals surface area contributed by atoms with E-state index in [2.05, 4.69) is 30.0 Å². The molecule has 0 unspecified atom stereocenters. The van der Waals surface area contributed by atoms with Gasteiger partial charge in [0.1, 0.15) is 17.3 Å². The number of benzene rings is 3. The van der Waals surface area contributed by atoms with Gasteiger partial charge in [-0.15, -0.1) is 0 Å². The van der Waals surface area contributed by atoms with E-state index in [1.165, 1.54) is 0 Å². The number of pyridine rings is 1. The van der Waals surface area contributed by atoms with Crippen LogP contribution in [0.2, 0.25) is 0 Å². The molecule has 39 heavy (non-hydrogen) atoms. The highest BCUT2D eigenvalue weighted by Gasteiger charge is 2.25. The Morgan fingerprint density at radius 2 is 1.69 bits per heavy atom. The Morgan fingerprint density at radius 1 is 1.00 bits per heavy atom. The van der Waals surface area contributed by atoms with E-state index in [9.17, 15) is 9.90 Å². The molecular weight excluding hydrogens is 490 g/mol. The average molecular weight is 526 g/mol. The van der Waals surface area contributed by atoms with Crippen LogP contribution in [0.4, 0.5) is 5.82 Å². The number of nitrogens with zero attached hydrogens (tertiary/aromatic N) is 3. The Hall–Kier alpha value is -4.10. The maximum atomic E-state index is 13.9. The number of methoxy groups -OCH3 is 2. The van der Waals surface area contributed by atoms with Crippen molar-refractivity contribution in [1.29, 1.82) is 0 Å². The molecule has 4 aromatic rings. The van der Waals surface area contributed by atoms with Gasteiger partial charge in [-0.25, -0.2) is 4.98 Å². The van der Waals surface area contributed by atoms with Gasteiger partial charge in [0, 0.05) is 42.7 Å². The number of carbonyl (C=O) groups is 1. The molecule has 202 valence electrons. The minimum Gasteiger partial charge on any atom is -0.497 e. The van der Waals surface area contributed by atoms with Crippen molar-refractivity contribution in [2.24, 2.45) is 0 Å². The number of β-amino-alcohol motifs (C(OH)–C–C–N with tert-alkyl or cyclic N) is 1. The molecule has 5 rings (SSSR count). The van der Waals surface area contributed by atoms with Crippen LogP contribution in [-0.2, 0) is 13.1 Å². The quantitative estimate of drug-likeness (QED) is 0.334. The molecule has 1 aromatic heterocycles. The van der Waals surface area contributed by atoms with Gasteiger partial charge in [-0.1, -0.05) is 30.3 Å². The summed E-state index contributed by atoms with van der Waals surface area (Å²) in [4.78, 5) is 23.1. The zero-order valence-electron chi connectivity index (χ0n) is 22.8. The number of ether oxygens (including phenoxy) is 2. The van der Waals surface area contributed by atoms with Crippen molar-refractivity contribution in [3.8, 4) is 11.5 Å². The van der Waals surface area contributed by atoms with E-state index in [0.29, 0.717) is 30.9 Å². The van der Waals surface area contributed by atoms with E-state index in [0.717, 1.165) is 58.5 Å². The smallest absolute Gasteiger partial charge is 0.254 e. The van der Waals surface area contributed by atoms with E-state index >= 15 is 0 Å². The number of para-hydroxylation sites is 1. The molecule has 1 fully saturated rings. The summed E-state index contributed by atoms with van der Waals surface area (Å²) in [6.07, 6.45) is 1.30. The number of amides is 1. The maximum Gasteiger partial charge on any atom is 0.254 e. The zero-order chi connectivity index (χ0) is 27.4. The summed E-state index contributed by atoms with van der Waals surface area (Å²) in [5.41, 5.74) is 4.58. The van der Waals surface area contributed by atoms with Gasteiger partial charge in [-0.3, -0.25) is 4.79 Å². The second-order valence-corrected chi connectivity index (χ2v) is 10.1. The van der Waals surface area contributed by atoms with E-state index in [1.807, 2.05) is 35.2 Å². The number of carbonyl (C=O) groups excluding carboxylic acids is 1. The summed E-state index contributed by atoms with van der Waals surface area (Å²) >= 11 is 0. The van der Waals surface area contributed by atoms with Crippen LogP contribution in [-0.4, -0.2) is 54.3 Å². The Bertz CT molecular complexity index is 1440. The first-order chi connectivity index (χ1) is 18.9. The van der Waals surface area contributed by atoms with Crippen LogP contribution in [0.5, 0.6) is 11.5 Å². The second kappa shape index (κ2) is 11.7. The first-order valence-corrected chi connectivity index (χ1v) is 13.3. The molecule has 1 aliphatic heterocycles. The maximum absolute atomic E-state index is 13.9. The van der Waals surface area contributed by atoms with Crippen LogP contribution < -0.4 is 14.4 Å². The number of aliphatic hydroxyl groups is 1.